The number of hydrogen-bond acceptors (Lipinski definition) is 3. The predicted octanol–water partition coefficient (Wildman–Crippen LogP) is 6.59. The van der Waals surface area contributed by atoms with Gasteiger partial charge in [0.25, 0.3) is 0 Å². The summed E-state index contributed by atoms with van der Waals surface area (Å²) in [5.41, 5.74) is 4.16. The van der Waals surface area contributed by atoms with Crippen LogP contribution in [-0.4, -0.2) is 41.9 Å². The average molecular weight is 423 g/mol. The zero-order valence-corrected chi connectivity index (χ0v) is 22.0. The Balaban J connectivity index is 2.08. The SMILES string of the molecule is COCC1(COC)CC2=C3[C@@H](O[Si](C)(C)C(C)(C)C)C(C)(C)C[C@]3(C)C[C@@]2(C)C1. The van der Waals surface area contributed by atoms with Crippen molar-refractivity contribution in [3.8, 4) is 0 Å². The number of ether oxygens (including phenoxy) is 2. The fourth-order valence-electron chi connectivity index (χ4n) is 7.16. The van der Waals surface area contributed by atoms with Crippen molar-refractivity contribution in [3.05, 3.63) is 11.1 Å². The van der Waals surface area contributed by atoms with Crippen LogP contribution in [-0.2, 0) is 13.9 Å². The highest BCUT2D eigenvalue weighted by Gasteiger charge is 2.65. The monoisotopic (exact) mass is 422 g/mol. The zero-order valence-electron chi connectivity index (χ0n) is 21.0. The molecule has 0 spiro atoms. The molecule has 0 saturated heterocycles. The van der Waals surface area contributed by atoms with E-state index in [1.165, 1.54) is 19.3 Å². The molecule has 168 valence electrons. The molecule has 2 fully saturated rings. The first-order valence-electron chi connectivity index (χ1n) is 11.4. The first-order chi connectivity index (χ1) is 13.0. The molecule has 0 radical (unpaired) electrons. The third-order valence-corrected chi connectivity index (χ3v) is 13.2. The summed E-state index contributed by atoms with van der Waals surface area (Å²) in [7, 11) is 1.79. The zero-order chi connectivity index (χ0) is 22.1. The van der Waals surface area contributed by atoms with Crippen LogP contribution in [0.2, 0.25) is 18.1 Å². The lowest BCUT2D eigenvalue weighted by atomic mass is 9.72. The Morgan fingerprint density at radius 1 is 0.897 bits per heavy atom. The topological polar surface area (TPSA) is 27.7 Å². The molecule has 29 heavy (non-hydrogen) atoms. The van der Waals surface area contributed by atoms with Crippen molar-refractivity contribution >= 4 is 8.32 Å². The summed E-state index contributed by atoms with van der Waals surface area (Å²) in [6.07, 6.45) is 4.99. The van der Waals surface area contributed by atoms with E-state index in [-0.39, 0.29) is 32.8 Å². The van der Waals surface area contributed by atoms with E-state index in [4.69, 9.17) is 13.9 Å². The smallest absolute Gasteiger partial charge is 0.192 e. The fraction of sp³-hybridized carbons (Fsp3) is 0.920. The normalized spacial score (nSPS) is 35.9. The molecular weight excluding hydrogens is 376 g/mol. The summed E-state index contributed by atoms with van der Waals surface area (Å²) < 4.78 is 18.6. The van der Waals surface area contributed by atoms with Gasteiger partial charge in [-0.15, -0.1) is 0 Å². The molecule has 4 heteroatoms. The second-order valence-electron chi connectivity index (χ2n) is 13.3. The largest absolute Gasteiger partial charge is 0.410 e. The van der Waals surface area contributed by atoms with E-state index in [2.05, 4.69) is 61.6 Å². The highest BCUT2D eigenvalue weighted by atomic mass is 28.4. The van der Waals surface area contributed by atoms with Gasteiger partial charge in [0, 0.05) is 19.6 Å². The average Bonchev–Trinajstić information content (AvgIpc) is 2.94. The van der Waals surface area contributed by atoms with Gasteiger partial charge in [-0.1, -0.05) is 54.0 Å². The third-order valence-electron chi connectivity index (χ3n) is 8.74. The van der Waals surface area contributed by atoms with E-state index in [1.807, 2.05) is 14.2 Å². The standard InChI is InChI=1S/C25H46O3Si/c1-21(2,3)29(10,11)28-20-19-18-12-25(16-26-8,17-27-9)15-23(18,6)14-24(19,7)13-22(20,4)5/h20H,12-17H2,1-11H3/t20-,23+,24-/m1/s1. The van der Waals surface area contributed by atoms with Crippen LogP contribution in [0.15, 0.2) is 11.1 Å². The van der Waals surface area contributed by atoms with Crippen molar-refractivity contribution in [1.29, 1.82) is 0 Å². The lowest BCUT2D eigenvalue weighted by Crippen LogP contribution is -2.47. The van der Waals surface area contributed by atoms with Crippen LogP contribution >= 0.6 is 0 Å². The van der Waals surface area contributed by atoms with Gasteiger partial charge in [0.1, 0.15) is 0 Å². The molecule has 2 saturated carbocycles. The van der Waals surface area contributed by atoms with Gasteiger partial charge in [0.05, 0.1) is 19.3 Å². The predicted molar refractivity (Wildman–Crippen MR) is 124 cm³/mol. The molecule has 0 N–H and O–H groups in total. The van der Waals surface area contributed by atoms with Crippen LogP contribution in [0.4, 0.5) is 0 Å². The molecule has 0 bridgehead atoms. The molecular formula is C25H46O3Si. The van der Waals surface area contributed by atoms with Crippen LogP contribution < -0.4 is 0 Å². The summed E-state index contributed by atoms with van der Waals surface area (Å²) in [5.74, 6) is 0. The molecule has 0 heterocycles. The second kappa shape index (κ2) is 6.92. The minimum absolute atomic E-state index is 0.107. The molecule has 0 aromatic carbocycles. The van der Waals surface area contributed by atoms with Crippen molar-refractivity contribution in [1.82, 2.24) is 0 Å². The highest BCUT2D eigenvalue weighted by molar-refractivity contribution is 6.74. The van der Waals surface area contributed by atoms with E-state index >= 15 is 0 Å². The quantitative estimate of drug-likeness (QED) is 0.357. The van der Waals surface area contributed by atoms with Crippen LogP contribution in [0.25, 0.3) is 0 Å². The van der Waals surface area contributed by atoms with E-state index < -0.39 is 8.32 Å². The Morgan fingerprint density at radius 3 is 1.93 bits per heavy atom. The van der Waals surface area contributed by atoms with Crippen molar-refractivity contribution < 1.29 is 13.9 Å². The summed E-state index contributed by atoms with van der Waals surface area (Å²) >= 11 is 0. The van der Waals surface area contributed by atoms with Crippen molar-refractivity contribution in [2.45, 2.75) is 98.4 Å². The van der Waals surface area contributed by atoms with Gasteiger partial charge in [-0.2, -0.15) is 0 Å². The van der Waals surface area contributed by atoms with Gasteiger partial charge in [0.15, 0.2) is 8.32 Å². The first-order valence-corrected chi connectivity index (χ1v) is 14.4. The Labute approximate surface area is 181 Å². The minimum atomic E-state index is -1.87. The summed E-state index contributed by atoms with van der Waals surface area (Å²) in [4.78, 5) is 0. The molecule has 0 unspecified atom stereocenters. The van der Waals surface area contributed by atoms with Crippen LogP contribution in [0.3, 0.4) is 0 Å². The second-order valence-corrected chi connectivity index (χ2v) is 18.1. The molecule has 3 aliphatic carbocycles. The molecule has 3 atom stereocenters. The molecule has 3 rings (SSSR count). The maximum atomic E-state index is 7.22. The molecule has 3 aliphatic rings. The molecule has 0 amide bonds. The van der Waals surface area contributed by atoms with Crippen molar-refractivity contribution in [2.75, 3.05) is 27.4 Å². The maximum Gasteiger partial charge on any atom is 0.192 e. The van der Waals surface area contributed by atoms with Gasteiger partial charge in [0.2, 0.25) is 0 Å². The Kier molecular flexibility index (Phi) is 5.60. The van der Waals surface area contributed by atoms with E-state index in [1.54, 1.807) is 11.1 Å². The minimum Gasteiger partial charge on any atom is -0.410 e. The summed E-state index contributed by atoms with van der Waals surface area (Å²) in [5, 5.41) is 0.223. The van der Waals surface area contributed by atoms with Crippen LogP contribution in [0, 0.1) is 21.7 Å². The van der Waals surface area contributed by atoms with Crippen molar-refractivity contribution in [2.24, 2.45) is 21.7 Å². The van der Waals surface area contributed by atoms with Gasteiger partial charge in [-0.3, -0.25) is 0 Å². The van der Waals surface area contributed by atoms with E-state index in [0.717, 1.165) is 19.6 Å². The van der Waals surface area contributed by atoms with Gasteiger partial charge < -0.3 is 13.9 Å². The van der Waals surface area contributed by atoms with Gasteiger partial charge >= 0.3 is 0 Å². The third kappa shape index (κ3) is 3.70. The van der Waals surface area contributed by atoms with Gasteiger partial charge in [-0.25, -0.2) is 0 Å². The Bertz CT molecular complexity index is 681. The van der Waals surface area contributed by atoms with Gasteiger partial charge in [-0.05, 0) is 65.6 Å². The van der Waals surface area contributed by atoms with Crippen LogP contribution in [0.1, 0.15) is 74.1 Å². The maximum absolute atomic E-state index is 7.22. The first kappa shape index (κ1) is 23.5. The molecule has 0 aliphatic heterocycles. The number of hydrogen-bond donors (Lipinski definition) is 0. The summed E-state index contributed by atoms with van der Waals surface area (Å²) in [6.45, 7) is 23.3. The number of allylic oxidation sites excluding steroid dienone is 1. The lowest BCUT2D eigenvalue weighted by Gasteiger charge is -2.42. The Morgan fingerprint density at radius 2 is 1.45 bits per heavy atom. The fourth-order valence-corrected chi connectivity index (χ4v) is 8.54. The highest BCUT2D eigenvalue weighted by Crippen LogP contribution is 2.72. The lowest BCUT2D eigenvalue weighted by molar-refractivity contribution is 0.00420. The van der Waals surface area contributed by atoms with Crippen molar-refractivity contribution in [3.63, 3.8) is 0 Å². The molecule has 0 aromatic heterocycles. The number of rotatable bonds is 6. The molecule has 0 aromatic rings. The number of fused-ring (bicyclic) bond motifs is 2. The Hall–Kier alpha value is -0.163. The number of methoxy groups -OCH3 is 2. The van der Waals surface area contributed by atoms with Crippen LogP contribution in [0.5, 0.6) is 0 Å². The van der Waals surface area contributed by atoms with E-state index in [9.17, 15) is 0 Å². The molecule has 3 nitrogen and oxygen atoms in total. The van der Waals surface area contributed by atoms with E-state index in [0.29, 0.717) is 0 Å². The summed E-state index contributed by atoms with van der Waals surface area (Å²) in [6, 6.07) is 0.